The Bertz CT molecular complexity index is 44.3. The van der Waals surface area contributed by atoms with E-state index in [0.717, 1.165) is 11.8 Å². The molecular weight excluding hydrogens is 120 g/mol. The summed E-state index contributed by atoms with van der Waals surface area (Å²) in [4.78, 5) is 0. The summed E-state index contributed by atoms with van der Waals surface area (Å²) in [7, 11) is 0. The average molecular weight is 135 g/mol. The highest BCUT2D eigenvalue weighted by Crippen LogP contribution is 2.14. The molecule has 0 aromatic heterocycles. The predicted octanol–water partition coefficient (Wildman–Crippen LogP) is 2.91. The Morgan fingerprint density at radius 3 is 1.88 bits per heavy atom. The molecule has 50 valence electrons. The summed E-state index contributed by atoms with van der Waals surface area (Å²) in [6.45, 7) is 6.64. The molecule has 1 heteroatoms. The highest BCUT2D eigenvalue weighted by molar-refractivity contribution is 6.18. The Labute approximate surface area is 57.2 Å². The number of halogens is 1. The smallest absolute Gasteiger partial charge is 0.0251 e. The van der Waals surface area contributed by atoms with Gasteiger partial charge in [0.25, 0.3) is 0 Å². The minimum Gasteiger partial charge on any atom is -0.126 e. The van der Waals surface area contributed by atoms with Gasteiger partial charge in [-0.1, -0.05) is 27.2 Å². The third-order valence-electron chi connectivity index (χ3n) is 1.86. The van der Waals surface area contributed by atoms with Crippen LogP contribution in [0.15, 0.2) is 0 Å². The maximum atomic E-state index is 5.63. The topological polar surface area (TPSA) is 0 Å². The van der Waals surface area contributed by atoms with Gasteiger partial charge in [-0.3, -0.25) is 0 Å². The molecule has 8 heavy (non-hydrogen) atoms. The fraction of sp³-hybridized carbons (Fsp3) is 1.00. The van der Waals surface area contributed by atoms with Gasteiger partial charge >= 0.3 is 0 Å². The SMILES string of the molecule is CCC(C)C(C)CCl. The highest BCUT2D eigenvalue weighted by Gasteiger charge is 2.06. The van der Waals surface area contributed by atoms with Crippen LogP contribution >= 0.6 is 11.6 Å². The van der Waals surface area contributed by atoms with E-state index in [1.165, 1.54) is 6.42 Å². The van der Waals surface area contributed by atoms with E-state index >= 15 is 0 Å². The van der Waals surface area contributed by atoms with Crippen LogP contribution in [0.4, 0.5) is 0 Å². The first-order valence-corrected chi connectivity index (χ1v) is 3.81. The number of rotatable bonds is 3. The lowest BCUT2D eigenvalue weighted by Gasteiger charge is -2.13. The lowest BCUT2D eigenvalue weighted by Crippen LogP contribution is -2.07. The molecule has 0 aliphatic heterocycles. The molecule has 0 saturated heterocycles. The van der Waals surface area contributed by atoms with Crippen molar-refractivity contribution in [3.63, 3.8) is 0 Å². The van der Waals surface area contributed by atoms with Crippen molar-refractivity contribution in [2.75, 3.05) is 5.88 Å². The molecule has 0 rings (SSSR count). The molecule has 0 bridgehead atoms. The largest absolute Gasteiger partial charge is 0.126 e. The number of hydrogen-bond donors (Lipinski definition) is 0. The van der Waals surface area contributed by atoms with Crippen LogP contribution in [0.2, 0.25) is 0 Å². The Morgan fingerprint density at radius 1 is 1.25 bits per heavy atom. The van der Waals surface area contributed by atoms with Crippen LogP contribution < -0.4 is 0 Å². The maximum absolute atomic E-state index is 5.63. The molecule has 0 aliphatic carbocycles. The molecule has 0 heterocycles. The van der Waals surface area contributed by atoms with E-state index in [0.29, 0.717) is 5.92 Å². The van der Waals surface area contributed by atoms with E-state index in [-0.39, 0.29) is 0 Å². The van der Waals surface area contributed by atoms with Crippen molar-refractivity contribution in [1.29, 1.82) is 0 Å². The highest BCUT2D eigenvalue weighted by atomic mass is 35.5. The minimum atomic E-state index is 0.682. The second kappa shape index (κ2) is 4.20. The number of alkyl halides is 1. The molecule has 0 spiro atoms. The number of hydrogen-bond acceptors (Lipinski definition) is 0. The van der Waals surface area contributed by atoms with Gasteiger partial charge in [-0.25, -0.2) is 0 Å². The van der Waals surface area contributed by atoms with E-state index < -0.39 is 0 Å². The standard InChI is InChI=1S/C7H15Cl/c1-4-6(2)7(3)5-8/h6-7H,4-5H2,1-3H3. The Balaban J connectivity index is 3.29. The van der Waals surface area contributed by atoms with Crippen molar-refractivity contribution in [2.24, 2.45) is 11.8 Å². The zero-order chi connectivity index (χ0) is 6.57. The van der Waals surface area contributed by atoms with Crippen LogP contribution in [0.3, 0.4) is 0 Å². The van der Waals surface area contributed by atoms with Crippen molar-refractivity contribution in [3.05, 3.63) is 0 Å². The molecule has 0 radical (unpaired) electrons. The molecule has 0 saturated carbocycles. The fourth-order valence-electron chi connectivity index (χ4n) is 0.554. The van der Waals surface area contributed by atoms with Gasteiger partial charge in [-0.05, 0) is 11.8 Å². The summed E-state index contributed by atoms with van der Waals surface area (Å²) >= 11 is 5.63. The summed E-state index contributed by atoms with van der Waals surface area (Å²) < 4.78 is 0. The molecule has 0 nitrogen and oxygen atoms in total. The van der Waals surface area contributed by atoms with E-state index in [2.05, 4.69) is 20.8 Å². The average Bonchev–Trinajstić information content (AvgIpc) is 1.84. The predicted molar refractivity (Wildman–Crippen MR) is 39.3 cm³/mol. The van der Waals surface area contributed by atoms with Crippen LogP contribution in [-0.2, 0) is 0 Å². The lowest BCUT2D eigenvalue weighted by atomic mass is 9.96. The second-order valence-corrected chi connectivity index (χ2v) is 2.83. The van der Waals surface area contributed by atoms with Gasteiger partial charge in [0.2, 0.25) is 0 Å². The summed E-state index contributed by atoms with van der Waals surface area (Å²) in [5.41, 5.74) is 0. The van der Waals surface area contributed by atoms with Gasteiger partial charge in [0.05, 0.1) is 0 Å². The van der Waals surface area contributed by atoms with Crippen molar-refractivity contribution in [2.45, 2.75) is 27.2 Å². The Morgan fingerprint density at radius 2 is 1.75 bits per heavy atom. The monoisotopic (exact) mass is 134 g/mol. The van der Waals surface area contributed by atoms with Crippen LogP contribution in [0, 0.1) is 11.8 Å². The van der Waals surface area contributed by atoms with Gasteiger partial charge in [-0.15, -0.1) is 11.6 Å². The Kier molecular flexibility index (Phi) is 4.35. The third-order valence-corrected chi connectivity index (χ3v) is 2.35. The summed E-state index contributed by atoms with van der Waals surface area (Å²) in [6, 6.07) is 0. The quantitative estimate of drug-likeness (QED) is 0.521. The zero-order valence-corrected chi connectivity index (χ0v) is 6.70. The van der Waals surface area contributed by atoms with E-state index in [1.54, 1.807) is 0 Å². The molecule has 0 aromatic rings. The normalized spacial score (nSPS) is 18.0. The zero-order valence-electron chi connectivity index (χ0n) is 5.95. The van der Waals surface area contributed by atoms with Crippen LogP contribution in [0.1, 0.15) is 27.2 Å². The van der Waals surface area contributed by atoms with Crippen molar-refractivity contribution < 1.29 is 0 Å². The summed E-state index contributed by atoms with van der Waals surface area (Å²) in [6.07, 6.45) is 1.24. The molecular formula is C7H15Cl. The van der Waals surface area contributed by atoms with Gasteiger partial charge in [0, 0.05) is 5.88 Å². The van der Waals surface area contributed by atoms with Crippen molar-refractivity contribution >= 4 is 11.6 Å². The summed E-state index contributed by atoms with van der Waals surface area (Å²) in [5, 5.41) is 0. The lowest BCUT2D eigenvalue weighted by molar-refractivity contribution is 0.412. The van der Waals surface area contributed by atoms with Crippen molar-refractivity contribution in [3.8, 4) is 0 Å². The molecule has 0 fully saturated rings. The second-order valence-electron chi connectivity index (χ2n) is 2.52. The Hall–Kier alpha value is 0.290. The first-order valence-electron chi connectivity index (χ1n) is 3.28. The van der Waals surface area contributed by atoms with E-state index in [9.17, 15) is 0 Å². The fourth-order valence-corrected chi connectivity index (χ4v) is 0.859. The van der Waals surface area contributed by atoms with Gasteiger partial charge in [0.15, 0.2) is 0 Å². The molecule has 0 N–H and O–H groups in total. The van der Waals surface area contributed by atoms with E-state index in [4.69, 9.17) is 11.6 Å². The third kappa shape index (κ3) is 2.56. The first kappa shape index (κ1) is 8.29. The summed E-state index contributed by atoms with van der Waals surface area (Å²) in [5.74, 6) is 2.27. The van der Waals surface area contributed by atoms with Crippen molar-refractivity contribution in [1.82, 2.24) is 0 Å². The van der Waals surface area contributed by atoms with Gasteiger partial charge < -0.3 is 0 Å². The van der Waals surface area contributed by atoms with Crippen LogP contribution in [0.25, 0.3) is 0 Å². The molecule has 2 unspecified atom stereocenters. The molecule has 2 atom stereocenters. The molecule has 0 aliphatic rings. The van der Waals surface area contributed by atoms with Gasteiger partial charge in [-0.2, -0.15) is 0 Å². The first-order chi connectivity index (χ1) is 3.72. The van der Waals surface area contributed by atoms with Crippen LogP contribution in [0.5, 0.6) is 0 Å². The van der Waals surface area contributed by atoms with E-state index in [1.807, 2.05) is 0 Å². The maximum Gasteiger partial charge on any atom is 0.0251 e. The molecule has 0 amide bonds. The molecule has 0 aromatic carbocycles. The minimum absolute atomic E-state index is 0.682. The van der Waals surface area contributed by atoms with Gasteiger partial charge in [0.1, 0.15) is 0 Å². The van der Waals surface area contributed by atoms with Crippen LogP contribution in [-0.4, -0.2) is 5.88 Å².